The Morgan fingerprint density at radius 2 is 1.92 bits per heavy atom. The van der Waals surface area contributed by atoms with Gasteiger partial charge in [0.05, 0.1) is 0 Å². The maximum absolute atomic E-state index is 12.4. The molecule has 0 radical (unpaired) electrons. The van der Waals surface area contributed by atoms with Gasteiger partial charge < -0.3 is 19.5 Å². The van der Waals surface area contributed by atoms with Gasteiger partial charge in [-0.1, -0.05) is 19.1 Å². The highest BCUT2D eigenvalue weighted by atomic mass is 16.7. The van der Waals surface area contributed by atoms with E-state index in [0.29, 0.717) is 24.5 Å². The van der Waals surface area contributed by atoms with Gasteiger partial charge in [-0.3, -0.25) is 4.79 Å². The molecule has 0 aliphatic carbocycles. The summed E-state index contributed by atoms with van der Waals surface area (Å²) in [6.45, 7) is 6.68. The van der Waals surface area contributed by atoms with Gasteiger partial charge in [0.1, 0.15) is 5.75 Å². The Balaban J connectivity index is 1.59. The molecule has 5 nitrogen and oxygen atoms in total. The molecule has 1 amide bonds. The molecule has 0 bridgehead atoms. The van der Waals surface area contributed by atoms with Gasteiger partial charge in [0.15, 0.2) is 17.6 Å². The molecule has 25 heavy (non-hydrogen) atoms. The van der Waals surface area contributed by atoms with Crippen LogP contribution in [0.5, 0.6) is 17.2 Å². The molecule has 0 aromatic heterocycles. The molecule has 0 spiro atoms. The van der Waals surface area contributed by atoms with Crippen molar-refractivity contribution in [3.63, 3.8) is 0 Å². The van der Waals surface area contributed by atoms with E-state index in [-0.39, 0.29) is 12.7 Å². The maximum atomic E-state index is 12.4. The van der Waals surface area contributed by atoms with Crippen LogP contribution in [-0.2, 0) is 11.3 Å². The van der Waals surface area contributed by atoms with E-state index in [2.05, 4.69) is 12.2 Å². The number of carbonyl (C=O) groups excluding carboxylic acids is 1. The molecule has 0 unspecified atom stereocenters. The zero-order valence-corrected chi connectivity index (χ0v) is 14.8. The predicted octanol–water partition coefficient (Wildman–Crippen LogP) is 3.51. The fourth-order valence-corrected chi connectivity index (χ4v) is 2.63. The Morgan fingerprint density at radius 3 is 2.68 bits per heavy atom. The van der Waals surface area contributed by atoms with E-state index in [9.17, 15) is 4.79 Å². The van der Waals surface area contributed by atoms with Gasteiger partial charge in [-0.05, 0) is 61.2 Å². The lowest BCUT2D eigenvalue weighted by atomic mass is 10.1. The Morgan fingerprint density at radius 1 is 1.12 bits per heavy atom. The normalized spacial score (nSPS) is 13.4. The number of amides is 1. The molecule has 5 heteroatoms. The minimum Gasteiger partial charge on any atom is -0.481 e. The molecule has 1 aliphatic rings. The first-order valence-corrected chi connectivity index (χ1v) is 8.47. The van der Waals surface area contributed by atoms with Crippen LogP contribution in [0.1, 0.15) is 30.0 Å². The third kappa shape index (κ3) is 4.05. The van der Waals surface area contributed by atoms with Crippen molar-refractivity contribution >= 4 is 5.91 Å². The lowest BCUT2D eigenvalue weighted by molar-refractivity contribution is -0.128. The van der Waals surface area contributed by atoms with Crippen LogP contribution in [0.4, 0.5) is 0 Å². The highest BCUT2D eigenvalue weighted by molar-refractivity contribution is 5.81. The second-order valence-electron chi connectivity index (χ2n) is 6.17. The van der Waals surface area contributed by atoms with Crippen LogP contribution < -0.4 is 19.5 Å². The summed E-state index contributed by atoms with van der Waals surface area (Å²) in [6.07, 6.45) is 0.0796. The number of fused-ring (bicyclic) bond motifs is 1. The highest BCUT2D eigenvalue weighted by Crippen LogP contribution is 2.32. The van der Waals surface area contributed by atoms with E-state index in [1.165, 1.54) is 5.56 Å². The number of hydrogen-bond donors (Lipinski definition) is 1. The molecule has 132 valence electrons. The second kappa shape index (κ2) is 7.47. The Bertz CT molecular complexity index is 772. The number of nitrogens with one attached hydrogen (secondary N) is 1. The molecule has 2 aromatic rings. The molecule has 1 N–H and O–H groups in total. The number of carbonyl (C=O) groups is 1. The Labute approximate surface area is 147 Å². The summed E-state index contributed by atoms with van der Waals surface area (Å²) < 4.78 is 16.5. The smallest absolute Gasteiger partial charge is 0.261 e. The van der Waals surface area contributed by atoms with E-state index in [4.69, 9.17) is 14.2 Å². The van der Waals surface area contributed by atoms with Crippen molar-refractivity contribution in [3.05, 3.63) is 53.1 Å². The minimum absolute atomic E-state index is 0.126. The number of ether oxygens (including phenoxy) is 3. The summed E-state index contributed by atoms with van der Waals surface area (Å²) >= 11 is 0. The van der Waals surface area contributed by atoms with Crippen LogP contribution >= 0.6 is 0 Å². The van der Waals surface area contributed by atoms with Gasteiger partial charge in [0.25, 0.3) is 5.91 Å². The van der Waals surface area contributed by atoms with Crippen molar-refractivity contribution in [1.29, 1.82) is 0 Å². The van der Waals surface area contributed by atoms with Crippen LogP contribution in [0.2, 0.25) is 0 Å². The summed E-state index contributed by atoms with van der Waals surface area (Å²) in [5.74, 6) is 2.04. The fraction of sp³-hybridized carbons (Fsp3) is 0.350. The van der Waals surface area contributed by atoms with E-state index in [1.807, 2.05) is 50.2 Å². The molecule has 3 rings (SSSR count). The third-order valence-electron chi connectivity index (χ3n) is 4.32. The first-order chi connectivity index (χ1) is 12.1. The van der Waals surface area contributed by atoms with Gasteiger partial charge in [-0.15, -0.1) is 0 Å². The fourth-order valence-electron chi connectivity index (χ4n) is 2.63. The SMILES string of the molecule is CC[C@H](Oc1ccc(C)c(C)c1)C(=O)NCc1ccc2c(c1)OCO2. The monoisotopic (exact) mass is 341 g/mol. The van der Waals surface area contributed by atoms with Crippen LogP contribution in [-0.4, -0.2) is 18.8 Å². The molecule has 1 heterocycles. The average Bonchev–Trinajstić information content (AvgIpc) is 3.08. The molecule has 1 aliphatic heterocycles. The van der Waals surface area contributed by atoms with Crippen LogP contribution in [0.15, 0.2) is 36.4 Å². The molecule has 1 atom stereocenters. The van der Waals surface area contributed by atoms with Crippen molar-refractivity contribution in [2.24, 2.45) is 0 Å². The molecule has 0 saturated heterocycles. The Hall–Kier alpha value is -2.69. The number of rotatable bonds is 6. The lowest BCUT2D eigenvalue weighted by Gasteiger charge is -2.18. The number of hydrogen-bond acceptors (Lipinski definition) is 4. The van der Waals surface area contributed by atoms with Gasteiger partial charge >= 0.3 is 0 Å². The van der Waals surface area contributed by atoms with E-state index >= 15 is 0 Å². The van der Waals surface area contributed by atoms with E-state index < -0.39 is 6.10 Å². The molecular weight excluding hydrogens is 318 g/mol. The average molecular weight is 341 g/mol. The van der Waals surface area contributed by atoms with Gasteiger partial charge in [-0.2, -0.15) is 0 Å². The summed E-state index contributed by atoms with van der Waals surface area (Å²) in [4.78, 5) is 12.4. The first-order valence-electron chi connectivity index (χ1n) is 8.47. The van der Waals surface area contributed by atoms with Gasteiger partial charge in [-0.25, -0.2) is 0 Å². The van der Waals surface area contributed by atoms with Crippen LogP contribution in [0, 0.1) is 13.8 Å². The summed E-state index contributed by atoms with van der Waals surface area (Å²) in [5.41, 5.74) is 3.31. The first kappa shape index (κ1) is 17.1. The lowest BCUT2D eigenvalue weighted by Crippen LogP contribution is -2.37. The zero-order chi connectivity index (χ0) is 17.8. The summed E-state index contributed by atoms with van der Waals surface area (Å²) in [5, 5.41) is 2.93. The van der Waals surface area contributed by atoms with Crippen LogP contribution in [0.25, 0.3) is 0 Å². The summed E-state index contributed by atoms with van der Waals surface area (Å²) in [7, 11) is 0. The van der Waals surface area contributed by atoms with Gasteiger partial charge in [0, 0.05) is 6.54 Å². The number of aryl methyl sites for hydroxylation is 2. The highest BCUT2D eigenvalue weighted by Gasteiger charge is 2.19. The molecular formula is C20H23NO4. The maximum Gasteiger partial charge on any atom is 0.261 e. The summed E-state index contributed by atoms with van der Waals surface area (Å²) in [6, 6.07) is 11.5. The zero-order valence-electron chi connectivity index (χ0n) is 14.8. The predicted molar refractivity (Wildman–Crippen MR) is 95.0 cm³/mol. The van der Waals surface area contributed by atoms with Gasteiger partial charge in [0.2, 0.25) is 6.79 Å². The molecule has 2 aromatic carbocycles. The topological polar surface area (TPSA) is 56.8 Å². The van der Waals surface area contributed by atoms with Crippen molar-refractivity contribution in [3.8, 4) is 17.2 Å². The van der Waals surface area contributed by atoms with Crippen molar-refractivity contribution in [2.75, 3.05) is 6.79 Å². The number of benzene rings is 2. The Kier molecular flexibility index (Phi) is 5.12. The quantitative estimate of drug-likeness (QED) is 0.874. The second-order valence-corrected chi connectivity index (χ2v) is 6.17. The van der Waals surface area contributed by atoms with E-state index in [1.54, 1.807) is 0 Å². The van der Waals surface area contributed by atoms with Crippen molar-refractivity contribution in [2.45, 2.75) is 39.8 Å². The largest absolute Gasteiger partial charge is 0.481 e. The van der Waals surface area contributed by atoms with E-state index in [0.717, 1.165) is 16.9 Å². The third-order valence-corrected chi connectivity index (χ3v) is 4.32. The van der Waals surface area contributed by atoms with Crippen molar-refractivity contribution in [1.82, 2.24) is 5.32 Å². The molecule has 0 saturated carbocycles. The minimum atomic E-state index is -0.517. The van der Waals surface area contributed by atoms with Crippen molar-refractivity contribution < 1.29 is 19.0 Å². The van der Waals surface area contributed by atoms with Crippen LogP contribution in [0.3, 0.4) is 0 Å². The standard InChI is InChI=1S/C20H23NO4/c1-4-17(25-16-7-5-13(2)14(3)9-16)20(22)21-11-15-6-8-18-19(10-15)24-12-23-18/h5-10,17H,4,11-12H2,1-3H3,(H,21,22)/t17-/m0/s1. The molecule has 0 fully saturated rings.